The van der Waals surface area contributed by atoms with Gasteiger partial charge in [-0.1, -0.05) is 11.6 Å². The Morgan fingerprint density at radius 3 is 2.49 bits per heavy atom. The lowest BCUT2D eigenvalue weighted by molar-refractivity contribution is -0.136. The summed E-state index contributed by atoms with van der Waals surface area (Å²) < 4.78 is 83.4. The zero-order valence-corrected chi connectivity index (χ0v) is 21.3. The van der Waals surface area contributed by atoms with Gasteiger partial charge in [0.25, 0.3) is 5.91 Å². The number of nitrogens with one attached hydrogen (secondary N) is 3. The number of anilines is 2. The lowest BCUT2D eigenvalue weighted by Gasteiger charge is -2.17. The summed E-state index contributed by atoms with van der Waals surface area (Å²) in [4.78, 5) is 16.5. The van der Waals surface area contributed by atoms with Crippen molar-refractivity contribution in [1.82, 2.24) is 14.0 Å². The van der Waals surface area contributed by atoms with Crippen molar-refractivity contribution in [3.63, 3.8) is 0 Å². The minimum Gasteiger partial charge on any atom is -0.477 e. The van der Waals surface area contributed by atoms with E-state index in [4.69, 9.17) is 21.7 Å². The molecule has 202 valence electrons. The number of halogens is 5. The molecule has 0 aliphatic heterocycles. The van der Waals surface area contributed by atoms with Crippen LogP contribution in [-0.2, 0) is 10.2 Å². The Labute approximate surface area is 215 Å². The molecule has 1 aliphatic rings. The molecule has 0 bridgehead atoms. The number of alkyl halides is 3. The van der Waals surface area contributed by atoms with Crippen LogP contribution in [0.4, 0.5) is 28.9 Å². The van der Waals surface area contributed by atoms with Crippen molar-refractivity contribution in [2.75, 3.05) is 26.0 Å². The van der Waals surface area contributed by atoms with Gasteiger partial charge in [0.15, 0.2) is 0 Å². The SMILES string of the molecule is CN(C)S(=O)(=O)NC(=O)c1cc(C(=N)C2CC2)c(Nc2cnc(OCCCC(F)(F)F)c(Cl)c2)cc1F. The molecule has 1 saturated carbocycles. The molecule has 1 aliphatic carbocycles. The van der Waals surface area contributed by atoms with Crippen molar-refractivity contribution < 1.29 is 35.5 Å². The van der Waals surface area contributed by atoms with Crippen molar-refractivity contribution in [2.24, 2.45) is 5.92 Å². The second-order valence-electron chi connectivity index (χ2n) is 8.49. The van der Waals surface area contributed by atoms with Gasteiger partial charge in [-0.05, 0) is 37.5 Å². The first kappa shape index (κ1) is 28.6. The van der Waals surface area contributed by atoms with E-state index in [0.29, 0.717) is 0 Å². The first-order valence-electron chi connectivity index (χ1n) is 11.0. The highest BCUT2D eigenvalue weighted by atomic mass is 35.5. The van der Waals surface area contributed by atoms with Gasteiger partial charge in [-0.2, -0.15) is 25.9 Å². The van der Waals surface area contributed by atoms with Gasteiger partial charge in [0.2, 0.25) is 5.88 Å². The van der Waals surface area contributed by atoms with Gasteiger partial charge in [0, 0.05) is 37.7 Å². The van der Waals surface area contributed by atoms with Gasteiger partial charge in [-0.15, -0.1) is 0 Å². The van der Waals surface area contributed by atoms with E-state index < -0.39 is 40.1 Å². The molecule has 0 unspecified atom stereocenters. The molecule has 2 aromatic rings. The highest BCUT2D eigenvalue weighted by Crippen LogP contribution is 2.37. The number of carbonyl (C=O) groups excluding carboxylic acids is 1. The molecule has 1 amide bonds. The Balaban J connectivity index is 1.83. The lowest BCUT2D eigenvalue weighted by atomic mass is 10.00. The predicted molar refractivity (Wildman–Crippen MR) is 129 cm³/mol. The second kappa shape index (κ2) is 11.2. The summed E-state index contributed by atoms with van der Waals surface area (Å²) in [7, 11) is -1.78. The number of hydrogen-bond acceptors (Lipinski definition) is 7. The van der Waals surface area contributed by atoms with Crippen molar-refractivity contribution in [2.45, 2.75) is 31.9 Å². The third kappa shape index (κ3) is 7.76. The van der Waals surface area contributed by atoms with E-state index in [1.165, 1.54) is 26.4 Å². The Morgan fingerprint density at radius 2 is 1.92 bits per heavy atom. The number of benzene rings is 1. The van der Waals surface area contributed by atoms with Crippen LogP contribution in [0.1, 0.15) is 41.6 Å². The van der Waals surface area contributed by atoms with Crippen molar-refractivity contribution >= 4 is 44.8 Å². The molecular weight excluding hydrogens is 542 g/mol. The topological polar surface area (TPSA) is 124 Å². The average Bonchev–Trinajstić information content (AvgIpc) is 3.62. The Kier molecular flexibility index (Phi) is 8.65. The van der Waals surface area contributed by atoms with Crippen LogP contribution in [0.15, 0.2) is 24.4 Å². The summed E-state index contributed by atoms with van der Waals surface area (Å²) >= 11 is 6.13. The van der Waals surface area contributed by atoms with E-state index in [1.807, 2.05) is 0 Å². The second-order valence-corrected chi connectivity index (χ2v) is 10.8. The van der Waals surface area contributed by atoms with Gasteiger partial charge in [-0.3, -0.25) is 4.79 Å². The number of ether oxygens (including phenoxy) is 1. The molecule has 3 rings (SSSR count). The molecule has 1 fully saturated rings. The third-order valence-corrected chi connectivity index (χ3v) is 6.94. The van der Waals surface area contributed by atoms with Gasteiger partial charge >= 0.3 is 16.4 Å². The highest BCUT2D eigenvalue weighted by molar-refractivity contribution is 7.87. The van der Waals surface area contributed by atoms with E-state index in [0.717, 1.165) is 29.3 Å². The van der Waals surface area contributed by atoms with E-state index >= 15 is 0 Å². The van der Waals surface area contributed by atoms with Gasteiger partial charge in [-0.25, -0.2) is 14.1 Å². The summed E-state index contributed by atoms with van der Waals surface area (Å²) in [5.74, 6) is -2.41. The molecule has 15 heteroatoms. The van der Waals surface area contributed by atoms with Crippen molar-refractivity contribution in [3.05, 3.63) is 46.4 Å². The fourth-order valence-corrected chi connectivity index (χ4v) is 3.87. The minimum atomic E-state index is -4.30. The largest absolute Gasteiger partial charge is 0.477 e. The smallest absolute Gasteiger partial charge is 0.389 e. The molecule has 0 saturated heterocycles. The van der Waals surface area contributed by atoms with Gasteiger partial charge in [0.1, 0.15) is 10.8 Å². The van der Waals surface area contributed by atoms with Crippen LogP contribution in [0.2, 0.25) is 5.02 Å². The number of carbonyl (C=O) groups is 1. The summed E-state index contributed by atoms with van der Waals surface area (Å²) in [6.45, 7) is -0.250. The number of aromatic nitrogens is 1. The zero-order valence-electron chi connectivity index (χ0n) is 19.7. The van der Waals surface area contributed by atoms with Crippen molar-refractivity contribution in [1.29, 1.82) is 5.41 Å². The molecule has 3 N–H and O–H groups in total. The Bertz CT molecular complexity index is 1300. The predicted octanol–water partition coefficient (Wildman–Crippen LogP) is 4.65. The molecule has 1 aromatic carbocycles. The summed E-state index contributed by atoms with van der Waals surface area (Å²) in [5, 5.41) is 11.3. The molecule has 0 atom stereocenters. The molecule has 0 radical (unpaired) electrons. The molecule has 9 nitrogen and oxygen atoms in total. The molecule has 37 heavy (non-hydrogen) atoms. The maximum Gasteiger partial charge on any atom is 0.389 e. The third-order valence-electron chi connectivity index (χ3n) is 5.26. The number of rotatable bonds is 11. The van der Waals surface area contributed by atoms with Crippen LogP contribution in [0, 0.1) is 17.1 Å². The molecule has 1 aromatic heterocycles. The number of hydrogen-bond donors (Lipinski definition) is 3. The van der Waals surface area contributed by atoms with E-state index in [-0.39, 0.29) is 52.5 Å². The normalized spacial score (nSPS) is 13.9. The molecular formula is C22H24ClF4N5O4S. The van der Waals surface area contributed by atoms with Crippen molar-refractivity contribution in [3.8, 4) is 5.88 Å². The maximum absolute atomic E-state index is 14.9. The standard InChI is InChI=1S/C22H24ClF4N5O4S/c1-32(2)37(34,35)31-20(33)14-9-15(19(28)12-4-5-12)18(10-17(14)24)30-13-8-16(23)21(29-11-13)36-7-3-6-22(25,26)27/h8-12,28,30H,3-7H2,1-2H3,(H,31,33). The van der Waals surface area contributed by atoms with E-state index in [9.17, 15) is 30.8 Å². The Hall–Kier alpha value is -2.97. The Morgan fingerprint density at radius 1 is 1.24 bits per heavy atom. The number of nitrogens with zero attached hydrogens (tertiary/aromatic N) is 2. The monoisotopic (exact) mass is 565 g/mol. The van der Waals surface area contributed by atoms with Gasteiger partial charge < -0.3 is 15.5 Å². The first-order chi connectivity index (χ1) is 17.2. The fourth-order valence-electron chi connectivity index (χ4n) is 3.13. The number of amides is 1. The molecule has 1 heterocycles. The fraction of sp³-hybridized carbons (Fsp3) is 0.409. The number of pyridine rings is 1. The van der Waals surface area contributed by atoms with Crippen LogP contribution >= 0.6 is 11.6 Å². The van der Waals surface area contributed by atoms with Crippen LogP contribution in [0.3, 0.4) is 0 Å². The van der Waals surface area contributed by atoms with E-state index in [2.05, 4.69) is 10.3 Å². The van der Waals surface area contributed by atoms with Crippen LogP contribution in [-0.4, -0.2) is 56.2 Å². The summed E-state index contributed by atoms with van der Waals surface area (Å²) in [5.41, 5.74) is 0.119. The quantitative estimate of drug-likeness (QED) is 0.207. The van der Waals surface area contributed by atoms with Crippen LogP contribution < -0.4 is 14.8 Å². The van der Waals surface area contributed by atoms with E-state index in [1.54, 1.807) is 4.72 Å². The lowest BCUT2D eigenvalue weighted by Crippen LogP contribution is -2.39. The summed E-state index contributed by atoms with van der Waals surface area (Å²) in [6, 6.07) is 3.42. The average molecular weight is 566 g/mol. The van der Waals surface area contributed by atoms with Gasteiger partial charge in [0.05, 0.1) is 29.7 Å². The first-order valence-corrected chi connectivity index (χ1v) is 12.8. The zero-order chi connectivity index (χ0) is 27.5. The highest BCUT2D eigenvalue weighted by Gasteiger charge is 2.31. The van der Waals surface area contributed by atoms with Crippen LogP contribution in [0.5, 0.6) is 5.88 Å². The summed E-state index contributed by atoms with van der Waals surface area (Å²) in [6.07, 6.45) is -2.85. The molecule has 0 spiro atoms. The minimum absolute atomic E-state index is 0.0128. The maximum atomic E-state index is 14.9. The van der Waals surface area contributed by atoms with Crippen LogP contribution in [0.25, 0.3) is 0 Å².